The highest BCUT2D eigenvalue weighted by Crippen LogP contribution is 2.15. The summed E-state index contributed by atoms with van der Waals surface area (Å²) in [6.45, 7) is 2.21. The van der Waals surface area contributed by atoms with Gasteiger partial charge in [-0.05, 0) is 25.7 Å². The molecule has 1 rings (SSSR count). The molecule has 1 nitrogen and oxygen atoms in total. The van der Waals surface area contributed by atoms with Crippen molar-refractivity contribution in [3.63, 3.8) is 0 Å². The van der Waals surface area contributed by atoms with E-state index in [0.717, 1.165) is 0 Å². The molecule has 3 heteroatoms. The van der Waals surface area contributed by atoms with Crippen LogP contribution >= 0.6 is 27.3 Å². The average Bonchev–Trinajstić information content (AvgIpc) is 2.57. The predicted octanol–water partition coefficient (Wildman–Crippen LogP) is 3.64. The van der Waals surface area contributed by atoms with Gasteiger partial charge in [0.1, 0.15) is 0 Å². The van der Waals surface area contributed by atoms with E-state index in [0.29, 0.717) is 4.83 Å². The fraction of sp³-hybridized carbons (Fsp3) is 0.667. The first-order chi connectivity index (χ1) is 5.83. The maximum absolute atomic E-state index is 4.05. The van der Waals surface area contributed by atoms with E-state index in [1.165, 1.54) is 30.6 Å². The topological polar surface area (TPSA) is 12.9 Å². The molecular formula is C9H14BrNS. The predicted molar refractivity (Wildman–Crippen MR) is 58.1 cm³/mol. The van der Waals surface area contributed by atoms with E-state index in [9.17, 15) is 0 Å². The number of thiazole rings is 1. The lowest BCUT2D eigenvalue weighted by Gasteiger charge is -2.04. The second-order valence-electron chi connectivity index (χ2n) is 2.87. The van der Waals surface area contributed by atoms with Crippen LogP contribution in [0.3, 0.4) is 0 Å². The van der Waals surface area contributed by atoms with Crippen LogP contribution in [0.1, 0.15) is 31.1 Å². The molecule has 1 aromatic rings. The molecule has 0 fully saturated rings. The summed E-state index contributed by atoms with van der Waals surface area (Å²) in [5.41, 5.74) is 1.90. The van der Waals surface area contributed by atoms with Crippen molar-refractivity contribution in [2.24, 2.45) is 0 Å². The second kappa shape index (κ2) is 5.70. The Kier molecular flexibility index (Phi) is 4.84. The Bertz CT molecular complexity index is 198. The zero-order valence-corrected chi connectivity index (χ0v) is 9.70. The van der Waals surface area contributed by atoms with Crippen molar-refractivity contribution in [1.82, 2.24) is 4.98 Å². The molecule has 1 heterocycles. The quantitative estimate of drug-likeness (QED) is 0.725. The smallest absolute Gasteiger partial charge is 0.0794 e. The molecule has 0 aromatic carbocycles. The summed E-state index contributed by atoms with van der Waals surface area (Å²) in [6, 6.07) is 0. The Morgan fingerprint density at radius 1 is 1.67 bits per heavy atom. The van der Waals surface area contributed by atoms with Gasteiger partial charge in [0.2, 0.25) is 0 Å². The van der Waals surface area contributed by atoms with Gasteiger partial charge in [0.15, 0.2) is 0 Å². The molecule has 1 atom stereocenters. The largest absolute Gasteiger partial charge is 0.253 e. The number of hydrogen-bond donors (Lipinski definition) is 0. The van der Waals surface area contributed by atoms with E-state index in [2.05, 4.69) is 27.8 Å². The van der Waals surface area contributed by atoms with Crippen LogP contribution in [0.2, 0.25) is 0 Å². The molecule has 1 unspecified atom stereocenters. The number of rotatable bonds is 5. The Hall–Kier alpha value is 0.110. The molecule has 0 radical (unpaired) electrons. The van der Waals surface area contributed by atoms with Crippen LogP contribution in [0.4, 0.5) is 0 Å². The van der Waals surface area contributed by atoms with Crippen molar-refractivity contribution in [2.45, 2.75) is 37.4 Å². The highest BCUT2D eigenvalue weighted by atomic mass is 79.9. The lowest BCUT2D eigenvalue weighted by atomic mass is 10.1. The van der Waals surface area contributed by atoms with Gasteiger partial charge < -0.3 is 0 Å². The molecule has 1 aromatic heterocycles. The summed E-state index contributed by atoms with van der Waals surface area (Å²) in [7, 11) is 0. The molecule has 0 aliphatic carbocycles. The molecule has 0 N–H and O–H groups in total. The van der Waals surface area contributed by atoms with Gasteiger partial charge in [0, 0.05) is 15.9 Å². The van der Waals surface area contributed by atoms with Gasteiger partial charge in [-0.1, -0.05) is 22.9 Å². The molecule has 0 amide bonds. The van der Waals surface area contributed by atoms with Crippen molar-refractivity contribution in [2.75, 3.05) is 0 Å². The number of aromatic nitrogens is 1. The first kappa shape index (κ1) is 10.2. The van der Waals surface area contributed by atoms with Crippen LogP contribution in [0.15, 0.2) is 11.7 Å². The van der Waals surface area contributed by atoms with Gasteiger partial charge >= 0.3 is 0 Å². The lowest BCUT2D eigenvalue weighted by Crippen LogP contribution is -1.95. The molecule has 0 saturated carbocycles. The van der Waals surface area contributed by atoms with Crippen LogP contribution < -0.4 is 0 Å². The Morgan fingerprint density at radius 3 is 3.08 bits per heavy atom. The van der Waals surface area contributed by atoms with Crippen LogP contribution in [-0.4, -0.2) is 9.81 Å². The summed E-state index contributed by atoms with van der Waals surface area (Å²) < 4.78 is 0. The van der Waals surface area contributed by atoms with E-state index in [1.54, 1.807) is 11.3 Å². The summed E-state index contributed by atoms with van der Waals surface area (Å²) in [5, 5.41) is 0. The molecule has 12 heavy (non-hydrogen) atoms. The maximum Gasteiger partial charge on any atom is 0.0794 e. The highest BCUT2D eigenvalue weighted by Gasteiger charge is 2.01. The van der Waals surface area contributed by atoms with Crippen LogP contribution in [0, 0.1) is 0 Å². The van der Waals surface area contributed by atoms with E-state index < -0.39 is 0 Å². The highest BCUT2D eigenvalue weighted by molar-refractivity contribution is 9.09. The lowest BCUT2D eigenvalue weighted by molar-refractivity contribution is 0.693. The normalized spacial score (nSPS) is 13.2. The second-order valence-corrected chi connectivity index (χ2v) is 5.13. The summed E-state index contributed by atoms with van der Waals surface area (Å²) in [6.07, 6.45) is 6.93. The third-order valence-corrected chi connectivity index (χ3v) is 3.81. The third kappa shape index (κ3) is 3.68. The molecule has 0 bridgehead atoms. The minimum atomic E-state index is 0.699. The van der Waals surface area contributed by atoms with Gasteiger partial charge in [0.05, 0.1) is 5.51 Å². The van der Waals surface area contributed by atoms with Gasteiger partial charge in [-0.2, -0.15) is 0 Å². The summed E-state index contributed by atoms with van der Waals surface area (Å²) in [5.74, 6) is 0. The van der Waals surface area contributed by atoms with E-state index in [1.807, 2.05) is 11.7 Å². The molecule has 0 spiro atoms. The Labute approximate surface area is 86.3 Å². The SMILES string of the molecule is CCC(Br)CCCc1cncs1. The minimum Gasteiger partial charge on any atom is -0.253 e. The number of nitrogens with zero attached hydrogens (tertiary/aromatic N) is 1. The van der Waals surface area contributed by atoms with Crippen LogP contribution in [0.5, 0.6) is 0 Å². The maximum atomic E-state index is 4.05. The number of aryl methyl sites for hydroxylation is 1. The van der Waals surface area contributed by atoms with Crippen LogP contribution in [0.25, 0.3) is 0 Å². The van der Waals surface area contributed by atoms with Gasteiger partial charge in [-0.3, -0.25) is 4.98 Å². The number of halogens is 1. The summed E-state index contributed by atoms with van der Waals surface area (Å²) >= 11 is 5.38. The number of hydrogen-bond acceptors (Lipinski definition) is 2. The minimum absolute atomic E-state index is 0.699. The third-order valence-electron chi connectivity index (χ3n) is 1.87. The fourth-order valence-electron chi connectivity index (χ4n) is 1.07. The van der Waals surface area contributed by atoms with Crippen molar-refractivity contribution in [3.05, 3.63) is 16.6 Å². The first-order valence-corrected chi connectivity index (χ1v) is 6.14. The molecular weight excluding hydrogens is 234 g/mol. The molecule has 0 aliphatic rings. The van der Waals surface area contributed by atoms with Gasteiger partial charge in [0.25, 0.3) is 0 Å². The average molecular weight is 248 g/mol. The Balaban J connectivity index is 2.11. The van der Waals surface area contributed by atoms with E-state index >= 15 is 0 Å². The van der Waals surface area contributed by atoms with E-state index in [-0.39, 0.29) is 0 Å². The van der Waals surface area contributed by atoms with Crippen molar-refractivity contribution in [3.8, 4) is 0 Å². The number of alkyl halides is 1. The Morgan fingerprint density at radius 2 is 2.50 bits per heavy atom. The molecule has 0 aliphatic heterocycles. The molecule has 68 valence electrons. The zero-order valence-electron chi connectivity index (χ0n) is 7.29. The van der Waals surface area contributed by atoms with Gasteiger partial charge in [-0.15, -0.1) is 11.3 Å². The van der Waals surface area contributed by atoms with Crippen LogP contribution in [-0.2, 0) is 6.42 Å². The first-order valence-electron chi connectivity index (χ1n) is 4.34. The molecule has 0 saturated heterocycles. The zero-order chi connectivity index (χ0) is 8.81. The summed E-state index contributed by atoms with van der Waals surface area (Å²) in [4.78, 5) is 6.15. The van der Waals surface area contributed by atoms with Crippen molar-refractivity contribution < 1.29 is 0 Å². The fourth-order valence-corrected chi connectivity index (χ4v) is 2.03. The monoisotopic (exact) mass is 247 g/mol. The standard InChI is InChI=1S/C9H14BrNS/c1-2-8(10)4-3-5-9-6-11-7-12-9/h6-8H,2-5H2,1H3. The van der Waals surface area contributed by atoms with E-state index in [4.69, 9.17) is 0 Å². The van der Waals surface area contributed by atoms with Crippen molar-refractivity contribution >= 4 is 27.3 Å². The van der Waals surface area contributed by atoms with Gasteiger partial charge in [-0.25, -0.2) is 0 Å². The van der Waals surface area contributed by atoms with Crippen molar-refractivity contribution in [1.29, 1.82) is 0 Å².